The summed E-state index contributed by atoms with van der Waals surface area (Å²) in [5.41, 5.74) is 2.14. The second-order valence-corrected chi connectivity index (χ2v) is 20.5. The van der Waals surface area contributed by atoms with Crippen LogP contribution in [0.2, 0.25) is 10.6 Å². The molecule has 0 aromatic heterocycles. The molecule has 5 heteroatoms. The van der Waals surface area contributed by atoms with Gasteiger partial charge in [0.05, 0.1) is 17.9 Å². The lowest BCUT2D eigenvalue weighted by atomic mass is 9.46. The fraction of sp³-hybridized carbons (Fsp3) is 0.914. The number of rotatable bonds is 9. The number of hydrogen-bond donors (Lipinski definition) is 2. The van der Waals surface area contributed by atoms with Gasteiger partial charge in [0.25, 0.3) is 0 Å². The first-order valence-electron chi connectivity index (χ1n) is 16.7. The van der Waals surface area contributed by atoms with Crippen LogP contribution in [0, 0.1) is 46.3 Å². The summed E-state index contributed by atoms with van der Waals surface area (Å²) in [5, 5.41) is 23.8. The zero-order chi connectivity index (χ0) is 29.7. The Labute approximate surface area is 248 Å². The average Bonchev–Trinajstić information content (AvgIpc) is 3.19. The van der Waals surface area contributed by atoms with E-state index in [2.05, 4.69) is 66.6 Å². The predicted octanol–water partition coefficient (Wildman–Crippen LogP) is 9.42. The normalized spacial score (nSPS) is 39.3. The van der Waals surface area contributed by atoms with Gasteiger partial charge >= 0.3 is 0 Å². The molecule has 0 aliphatic heterocycles. The van der Waals surface area contributed by atoms with Gasteiger partial charge in [-0.2, -0.15) is 0 Å². The summed E-state index contributed by atoms with van der Waals surface area (Å²) < 4.78 is 7.03. The van der Waals surface area contributed by atoms with E-state index in [9.17, 15) is 10.3 Å². The van der Waals surface area contributed by atoms with E-state index in [1.54, 1.807) is 0 Å². The van der Waals surface area contributed by atoms with Crippen molar-refractivity contribution in [3.63, 3.8) is 0 Å². The summed E-state index contributed by atoms with van der Waals surface area (Å²) in [5.74, 6) is 3.95. The molecule has 3 fully saturated rings. The molecular formula is C35H62NO3Si. The summed E-state index contributed by atoms with van der Waals surface area (Å²) in [6.45, 7) is 23.2. The molecule has 0 spiro atoms. The number of hydrogen-bond acceptors (Lipinski definition) is 4. The lowest BCUT2D eigenvalue weighted by Crippen LogP contribution is -2.54. The summed E-state index contributed by atoms with van der Waals surface area (Å²) in [6, 6.07) is 0. The zero-order valence-corrected chi connectivity index (χ0v) is 28.6. The standard InChI is InChI=1S/C35H62NO3Si/c1-23(2)40(32(4,5)6)39-31-18-21-35(10)29(26(31)22-36-38)14-13-25-28-16-15-27(34(28,9)20-17-30(25)35)24(3)12-11-19-33(7,8)37/h14,22-28,30-31,37-38H,11-13,15-21H2,1-10H3/t24-,25+,26?,27-,28+,30+,31+,34-,35+/m1/s1. The van der Waals surface area contributed by atoms with Gasteiger partial charge in [-0.15, -0.1) is 5.16 Å². The van der Waals surface area contributed by atoms with Crippen LogP contribution in [0.15, 0.2) is 16.8 Å². The van der Waals surface area contributed by atoms with Crippen LogP contribution in [0.4, 0.5) is 0 Å². The molecule has 2 N–H and O–H groups in total. The maximum Gasteiger partial charge on any atom is 0.220 e. The number of allylic oxidation sites excluding steroid dienone is 1. The van der Waals surface area contributed by atoms with Crippen LogP contribution in [0.25, 0.3) is 0 Å². The summed E-state index contributed by atoms with van der Waals surface area (Å²) in [6.07, 6.45) is 16.7. The van der Waals surface area contributed by atoms with Crippen molar-refractivity contribution in [3.8, 4) is 0 Å². The quantitative estimate of drug-likeness (QED) is 0.0951. The molecule has 40 heavy (non-hydrogen) atoms. The van der Waals surface area contributed by atoms with Gasteiger partial charge in [-0.25, -0.2) is 0 Å². The molecule has 0 aromatic rings. The molecule has 0 heterocycles. The Morgan fingerprint density at radius 1 is 1.05 bits per heavy atom. The second-order valence-electron chi connectivity index (χ2n) is 16.9. The van der Waals surface area contributed by atoms with E-state index >= 15 is 0 Å². The minimum Gasteiger partial charge on any atom is -0.412 e. The third kappa shape index (κ3) is 6.18. The van der Waals surface area contributed by atoms with Gasteiger partial charge in [0.15, 0.2) is 0 Å². The van der Waals surface area contributed by atoms with Gasteiger partial charge < -0.3 is 14.7 Å². The van der Waals surface area contributed by atoms with Gasteiger partial charge in [-0.3, -0.25) is 0 Å². The van der Waals surface area contributed by atoms with Crippen molar-refractivity contribution in [1.82, 2.24) is 0 Å². The Bertz CT molecular complexity index is 932. The van der Waals surface area contributed by atoms with E-state index in [0.29, 0.717) is 11.0 Å². The van der Waals surface area contributed by atoms with E-state index in [4.69, 9.17) is 4.43 Å². The molecule has 4 nitrogen and oxygen atoms in total. The van der Waals surface area contributed by atoms with Crippen molar-refractivity contribution in [2.24, 2.45) is 51.5 Å². The molecule has 3 saturated carbocycles. The Hall–Kier alpha value is -0.653. The summed E-state index contributed by atoms with van der Waals surface area (Å²) in [7, 11) is -1.04. The van der Waals surface area contributed by atoms with E-state index in [-0.39, 0.29) is 22.5 Å². The number of nitrogens with zero attached hydrogens (tertiary/aromatic N) is 1. The Balaban J connectivity index is 1.53. The minimum absolute atomic E-state index is 0.0891. The summed E-state index contributed by atoms with van der Waals surface area (Å²) >= 11 is 0. The monoisotopic (exact) mass is 572 g/mol. The van der Waals surface area contributed by atoms with Gasteiger partial charge in [0.2, 0.25) is 9.04 Å². The molecule has 4 aliphatic rings. The van der Waals surface area contributed by atoms with E-state index in [1.165, 1.54) is 50.5 Å². The fourth-order valence-electron chi connectivity index (χ4n) is 10.5. The van der Waals surface area contributed by atoms with Crippen molar-refractivity contribution in [2.75, 3.05) is 0 Å². The average molecular weight is 573 g/mol. The van der Waals surface area contributed by atoms with Crippen LogP contribution in [0.1, 0.15) is 133 Å². The zero-order valence-electron chi connectivity index (χ0n) is 27.6. The second kappa shape index (κ2) is 11.8. The highest BCUT2D eigenvalue weighted by molar-refractivity contribution is 6.56. The molecule has 0 saturated heterocycles. The maximum absolute atomic E-state index is 10.2. The first-order valence-corrected chi connectivity index (χ1v) is 18.2. The molecular weight excluding hydrogens is 510 g/mol. The van der Waals surface area contributed by atoms with Gasteiger partial charge in [-0.05, 0) is 116 Å². The van der Waals surface area contributed by atoms with E-state index in [1.807, 2.05) is 20.1 Å². The Morgan fingerprint density at radius 3 is 2.35 bits per heavy atom. The Morgan fingerprint density at radius 2 is 1.75 bits per heavy atom. The van der Waals surface area contributed by atoms with Crippen molar-refractivity contribution in [3.05, 3.63) is 11.6 Å². The van der Waals surface area contributed by atoms with Gasteiger partial charge in [0, 0.05) is 5.92 Å². The highest BCUT2D eigenvalue weighted by Gasteiger charge is 2.60. The van der Waals surface area contributed by atoms with Crippen molar-refractivity contribution >= 4 is 15.3 Å². The van der Waals surface area contributed by atoms with Gasteiger partial charge in [-0.1, -0.05) is 79.9 Å². The molecule has 0 aromatic carbocycles. The molecule has 4 rings (SSSR count). The van der Waals surface area contributed by atoms with Crippen molar-refractivity contribution in [2.45, 2.75) is 156 Å². The molecule has 4 aliphatic carbocycles. The minimum atomic E-state index is -1.04. The van der Waals surface area contributed by atoms with Crippen LogP contribution >= 0.6 is 0 Å². The molecule has 229 valence electrons. The van der Waals surface area contributed by atoms with Crippen molar-refractivity contribution in [1.29, 1.82) is 0 Å². The third-order valence-electron chi connectivity index (χ3n) is 12.2. The first kappa shape index (κ1) is 32.3. The fourth-order valence-corrected chi connectivity index (χ4v) is 13.5. The maximum atomic E-state index is 10.2. The highest BCUT2D eigenvalue weighted by atomic mass is 28.3. The lowest BCUT2D eigenvalue weighted by molar-refractivity contribution is -0.0599. The van der Waals surface area contributed by atoms with Crippen LogP contribution in [-0.2, 0) is 4.43 Å². The van der Waals surface area contributed by atoms with E-state index in [0.717, 1.165) is 48.9 Å². The van der Waals surface area contributed by atoms with Crippen LogP contribution in [-0.4, -0.2) is 37.3 Å². The summed E-state index contributed by atoms with van der Waals surface area (Å²) in [4.78, 5) is 0. The lowest BCUT2D eigenvalue weighted by Gasteiger charge is -2.59. The van der Waals surface area contributed by atoms with Crippen LogP contribution in [0.5, 0.6) is 0 Å². The number of aliphatic hydroxyl groups is 1. The van der Waals surface area contributed by atoms with Gasteiger partial charge in [0.1, 0.15) is 0 Å². The largest absolute Gasteiger partial charge is 0.412 e. The molecule has 1 radical (unpaired) electrons. The van der Waals surface area contributed by atoms with Crippen LogP contribution < -0.4 is 0 Å². The molecule has 0 bridgehead atoms. The third-order valence-corrected chi connectivity index (χ3v) is 15.3. The predicted molar refractivity (Wildman–Crippen MR) is 169 cm³/mol. The molecule has 1 unspecified atom stereocenters. The molecule has 0 amide bonds. The highest BCUT2D eigenvalue weighted by Crippen LogP contribution is 2.68. The number of oxime groups is 1. The topological polar surface area (TPSA) is 62.0 Å². The SMILES string of the molecule is CC(C)[Si](O[C@H]1CC[C@@]2(C)C(=CC[C@H]3[C@@H]4CC[C@H]([C@H](C)CCCC(C)(C)O)[C@@]4(C)CC[C@@H]32)C1C=NO)C(C)(C)C. The van der Waals surface area contributed by atoms with E-state index < -0.39 is 14.6 Å². The Kier molecular flexibility index (Phi) is 9.51. The van der Waals surface area contributed by atoms with Crippen molar-refractivity contribution < 1.29 is 14.7 Å². The smallest absolute Gasteiger partial charge is 0.220 e. The molecule has 9 atom stereocenters. The van der Waals surface area contributed by atoms with Crippen LogP contribution in [0.3, 0.4) is 0 Å². The number of fused-ring (bicyclic) bond motifs is 5. The first-order chi connectivity index (χ1) is 18.5.